The lowest BCUT2D eigenvalue weighted by molar-refractivity contribution is 0.220. The van der Waals surface area contributed by atoms with Gasteiger partial charge in [-0.15, -0.1) is 0 Å². The molecule has 0 aliphatic carbocycles. The van der Waals surface area contributed by atoms with E-state index in [9.17, 15) is 0 Å². The summed E-state index contributed by atoms with van der Waals surface area (Å²) < 4.78 is 7.09. The first-order valence-electron chi connectivity index (χ1n) is 8.66. The summed E-state index contributed by atoms with van der Waals surface area (Å²) in [4.78, 5) is 12.9. The lowest BCUT2D eigenvalue weighted by Gasteiger charge is -2.18. The number of benzene rings is 1. The molecule has 0 radical (unpaired) electrons. The molecule has 6 nitrogen and oxygen atoms in total. The summed E-state index contributed by atoms with van der Waals surface area (Å²) >= 11 is 3.56. The van der Waals surface area contributed by atoms with Crippen LogP contribution in [0.1, 0.15) is 18.9 Å². The average Bonchev–Trinajstić information content (AvgIpc) is 3.07. The van der Waals surface area contributed by atoms with Gasteiger partial charge in [0.1, 0.15) is 6.10 Å². The van der Waals surface area contributed by atoms with Crippen LogP contribution >= 0.6 is 15.9 Å². The number of hydrogen-bond donors (Lipinski definition) is 2. The molecule has 1 fully saturated rings. The Morgan fingerprint density at radius 3 is 2.88 bits per heavy atom. The average molecular weight is 414 g/mol. The third-order valence-electron chi connectivity index (χ3n) is 4.46. The van der Waals surface area contributed by atoms with Crippen molar-refractivity contribution in [2.24, 2.45) is 0 Å². The number of nitrogens with one attached hydrogen (secondary N) is 2. The molecule has 26 heavy (non-hydrogen) atoms. The number of fused-ring (bicyclic) bond motifs is 1. The first kappa shape index (κ1) is 17.2. The largest absolute Gasteiger partial charge is 0.486 e. The van der Waals surface area contributed by atoms with Gasteiger partial charge in [-0.2, -0.15) is 0 Å². The highest BCUT2D eigenvalue weighted by Crippen LogP contribution is 2.34. The fourth-order valence-corrected chi connectivity index (χ4v) is 3.56. The van der Waals surface area contributed by atoms with Crippen molar-refractivity contribution in [3.8, 4) is 5.75 Å². The van der Waals surface area contributed by atoms with E-state index in [1.807, 2.05) is 12.1 Å². The Bertz CT molecular complexity index is 919. The zero-order valence-electron chi connectivity index (χ0n) is 14.4. The van der Waals surface area contributed by atoms with Gasteiger partial charge in [-0.1, -0.05) is 6.07 Å². The summed E-state index contributed by atoms with van der Waals surface area (Å²) in [6.45, 7) is 3.69. The zero-order chi connectivity index (χ0) is 17.9. The molecule has 4 rings (SSSR count). The number of rotatable bonds is 5. The third kappa shape index (κ3) is 3.78. The van der Waals surface area contributed by atoms with E-state index in [0.717, 1.165) is 45.5 Å². The molecular formula is C19H20BrN5O. The Morgan fingerprint density at radius 1 is 1.23 bits per heavy atom. The summed E-state index contributed by atoms with van der Waals surface area (Å²) in [5.74, 6) is 0.807. The summed E-state index contributed by atoms with van der Waals surface area (Å²) in [6.07, 6.45) is 8.14. The normalized spacial score (nSPS) is 19.6. The number of halogens is 1. The van der Waals surface area contributed by atoms with Gasteiger partial charge >= 0.3 is 0 Å². The molecule has 0 spiro atoms. The van der Waals surface area contributed by atoms with Crippen LogP contribution in [0.5, 0.6) is 5.75 Å². The first-order valence-corrected chi connectivity index (χ1v) is 9.45. The van der Waals surface area contributed by atoms with Crippen LogP contribution in [0.4, 0.5) is 5.69 Å². The fourth-order valence-electron chi connectivity index (χ4n) is 3.14. The van der Waals surface area contributed by atoms with Crippen LogP contribution in [-0.4, -0.2) is 33.6 Å². The van der Waals surface area contributed by atoms with E-state index in [2.05, 4.69) is 54.5 Å². The van der Waals surface area contributed by atoms with Crippen molar-refractivity contribution in [1.29, 1.82) is 0 Å². The Hall–Kier alpha value is -2.25. The molecule has 2 aromatic heterocycles. The van der Waals surface area contributed by atoms with E-state index in [4.69, 9.17) is 4.74 Å². The van der Waals surface area contributed by atoms with Crippen LogP contribution in [0.15, 0.2) is 47.5 Å². The van der Waals surface area contributed by atoms with Crippen LogP contribution < -0.4 is 15.4 Å². The highest BCUT2D eigenvalue weighted by molar-refractivity contribution is 9.10. The summed E-state index contributed by atoms with van der Waals surface area (Å²) in [6, 6.07) is 6.57. The maximum atomic E-state index is 6.23. The summed E-state index contributed by atoms with van der Waals surface area (Å²) in [5.41, 5.74) is 3.78. The van der Waals surface area contributed by atoms with Gasteiger partial charge in [-0.25, -0.2) is 0 Å². The van der Waals surface area contributed by atoms with E-state index in [-0.39, 0.29) is 6.10 Å². The van der Waals surface area contributed by atoms with Crippen molar-refractivity contribution in [3.63, 3.8) is 0 Å². The third-order valence-corrected chi connectivity index (χ3v) is 5.03. The van der Waals surface area contributed by atoms with Gasteiger partial charge in [0.15, 0.2) is 5.75 Å². The molecule has 2 N–H and O–H groups in total. The lowest BCUT2D eigenvalue weighted by Crippen LogP contribution is -2.21. The van der Waals surface area contributed by atoms with Crippen molar-refractivity contribution in [2.75, 3.05) is 11.9 Å². The molecule has 1 aliphatic heterocycles. The summed E-state index contributed by atoms with van der Waals surface area (Å²) in [7, 11) is 0. The van der Waals surface area contributed by atoms with Gasteiger partial charge in [-0.05, 0) is 40.5 Å². The molecule has 1 aliphatic rings. The first-order chi connectivity index (χ1) is 12.7. The van der Waals surface area contributed by atoms with Gasteiger partial charge in [-0.3, -0.25) is 15.0 Å². The molecule has 3 aromatic rings. The molecule has 0 amide bonds. The zero-order valence-corrected chi connectivity index (χ0v) is 16.0. The monoisotopic (exact) mass is 413 g/mol. The Kier molecular flexibility index (Phi) is 4.99. The Labute approximate surface area is 160 Å². The van der Waals surface area contributed by atoms with E-state index in [1.54, 1.807) is 24.8 Å². The van der Waals surface area contributed by atoms with Crippen molar-refractivity contribution in [3.05, 3.63) is 53.0 Å². The van der Waals surface area contributed by atoms with Gasteiger partial charge in [0.05, 0.1) is 27.4 Å². The van der Waals surface area contributed by atoms with Crippen LogP contribution in [0.3, 0.4) is 0 Å². The number of nitrogens with zero attached hydrogens (tertiary/aromatic N) is 3. The van der Waals surface area contributed by atoms with E-state index >= 15 is 0 Å². The Balaban J connectivity index is 1.51. The minimum absolute atomic E-state index is 0.167. The molecule has 1 aromatic carbocycles. The van der Waals surface area contributed by atoms with Crippen molar-refractivity contribution in [2.45, 2.75) is 32.0 Å². The van der Waals surface area contributed by atoms with Gasteiger partial charge < -0.3 is 15.4 Å². The van der Waals surface area contributed by atoms with Gasteiger partial charge in [0.2, 0.25) is 0 Å². The molecule has 0 saturated carbocycles. The topological polar surface area (TPSA) is 72.0 Å². The van der Waals surface area contributed by atoms with E-state index < -0.39 is 0 Å². The minimum atomic E-state index is 0.167. The number of ether oxygens (including phenoxy) is 1. The van der Waals surface area contributed by atoms with Crippen molar-refractivity contribution < 1.29 is 4.74 Å². The van der Waals surface area contributed by atoms with Crippen molar-refractivity contribution >= 4 is 32.7 Å². The second kappa shape index (κ2) is 7.55. The van der Waals surface area contributed by atoms with Crippen LogP contribution in [-0.2, 0) is 6.54 Å². The molecule has 0 bridgehead atoms. The van der Waals surface area contributed by atoms with Gasteiger partial charge in [0.25, 0.3) is 0 Å². The second-order valence-electron chi connectivity index (χ2n) is 6.52. The molecule has 1 saturated heterocycles. The molecule has 2 atom stereocenters. The molecule has 0 unspecified atom stereocenters. The van der Waals surface area contributed by atoms with Gasteiger partial charge in [0, 0.05) is 44.1 Å². The molecule has 134 valence electrons. The van der Waals surface area contributed by atoms with Crippen LogP contribution in [0.2, 0.25) is 0 Å². The maximum Gasteiger partial charge on any atom is 0.160 e. The summed E-state index contributed by atoms with van der Waals surface area (Å²) in [5, 5.41) is 6.85. The number of pyridine rings is 1. The quantitative estimate of drug-likeness (QED) is 0.666. The molecular weight excluding hydrogens is 394 g/mol. The minimum Gasteiger partial charge on any atom is -0.486 e. The predicted molar refractivity (Wildman–Crippen MR) is 105 cm³/mol. The van der Waals surface area contributed by atoms with Crippen LogP contribution in [0.25, 0.3) is 11.0 Å². The number of aromatic nitrogens is 3. The number of anilines is 1. The smallest absolute Gasteiger partial charge is 0.160 e. The number of hydrogen-bond acceptors (Lipinski definition) is 6. The molecule has 7 heteroatoms. The highest BCUT2D eigenvalue weighted by atomic mass is 79.9. The van der Waals surface area contributed by atoms with Crippen LogP contribution in [0, 0.1) is 0 Å². The van der Waals surface area contributed by atoms with E-state index in [0.29, 0.717) is 12.6 Å². The fraction of sp³-hybridized carbons (Fsp3) is 0.316. The SMILES string of the molecule is C[C@@H]1C[C@@H](Oc2c(Br)cncc2NCc2ccc3nccnc3c2)CN1. The molecule has 3 heterocycles. The van der Waals surface area contributed by atoms with Crippen molar-refractivity contribution in [1.82, 2.24) is 20.3 Å². The standard InChI is InChI=1S/C19H20BrN5O/c1-12-6-14(9-24-12)26-19-15(20)10-21-11-18(19)25-8-13-2-3-16-17(7-13)23-5-4-22-16/h2-5,7,10-12,14,24-25H,6,8-9H2,1H3/t12-,14-/m1/s1. The van der Waals surface area contributed by atoms with E-state index in [1.165, 1.54) is 0 Å². The predicted octanol–water partition coefficient (Wildman–Crippen LogP) is 3.53. The maximum absolute atomic E-state index is 6.23. The lowest BCUT2D eigenvalue weighted by atomic mass is 10.2. The highest BCUT2D eigenvalue weighted by Gasteiger charge is 2.24. The Morgan fingerprint density at radius 2 is 2.08 bits per heavy atom. The second-order valence-corrected chi connectivity index (χ2v) is 7.37.